The monoisotopic (exact) mass is 350 g/mol. The van der Waals surface area contributed by atoms with Gasteiger partial charge in [-0.15, -0.1) is 0 Å². The van der Waals surface area contributed by atoms with Gasteiger partial charge in [0.05, 0.1) is 0 Å². The molecule has 3 heteroatoms. The molecule has 0 saturated carbocycles. The molecule has 1 atom stereocenters. The van der Waals surface area contributed by atoms with Gasteiger partial charge < -0.3 is 10.1 Å². The summed E-state index contributed by atoms with van der Waals surface area (Å²) in [6, 6.07) is 33.2. The molecule has 0 aromatic heterocycles. The Morgan fingerprint density at radius 1 is 0.704 bits per heavy atom. The van der Waals surface area contributed by atoms with Crippen molar-refractivity contribution in [2.24, 2.45) is 4.99 Å². The van der Waals surface area contributed by atoms with Crippen molar-refractivity contribution in [2.75, 3.05) is 5.32 Å². The molecule has 5 rings (SSSR count). The van der Waals surface area contributed by atoms with Crippen molar-refractivity contribution in [1.82, 2.24) is 0 Å². The van der Waals surface area contributed by atoms with Crippen molar-refractivity contribution < 1.29 is 4.74 Å². The summed E-state index contributed by atoms with van der Waals surface area (Å²) in [6.45, 7) is 0. The van der Waals surface area contributed by atoms with Gasteiger partial charge in [0.1, 0.15) is 11.8 Å². The van der Waals surface area contributed by atoms with Crippen molar-refractivity contribution in [3.8, 4) is 5.75 Å². The number of hydrogen-bond acceptors (Lipinski definition) is 3. The normalized spacial score (nSPS) is 15.6. The second-order valence-electron chi connectivity index (χ2n) is 6.54. The maximum atomic E-state index is 6.13. The van der Waals surface area contributed by atoms with Crippen LogP contribution in [-0.4, -0.2) is 6.02 Å². The summed E-state index contributed by atoms with van der Waals surface area (Å²) in [5, 5.41) is 5.66. The van der Waals surface area contributed by atoms with Gasteiger partial charge in [-0.2, -0.15) is 0 Å². The van der Waals surface area contributed by atoms with Crippen LogP contribution < -0.4 is 10.1 Å². The second-order valence-corrected chi connectivity index (χ2v) is 6.54. The van der Waals surface area contributed by atoms with Crippen molar-refractivity contribution in [3.05, 3.63) is 108 Å². The standard InChI is InChI=1S/C24H18N2O/c1-3-10-18(11-4-1)23-22-20-14-8-7-9-17(20)15-16-21(22)27-24(26-23)25-19-12-5-2-6-13-19/h1-16,23H,(H,25,26). The molecule has 1 aliphatic rings. The summed E-state index contributed by atoms with van der Waals surface area (Å²) < 4.78 is 6.13. The van der Waals surface area contributed by atoms with Crippen LogP contribution >= 0.6 is 0 Å². The van der Waals surface area contributed by atoms with Crippen LogP contribution in [0.1, 0.15) is 17.2 Å². The SMILES string of the molecule is c1ccc(NC2=NC(c3ccccc3)c3c(ccc4ccccc34)O2)cc1. The molecule has 0 fully saturated rings. The Morgan fingerprint density at radius 2 is 1.41 bits per heavy atom. The third-order valence-electron chi connectivity index (χ3n) is 4.80. The first-order valence-electron chi connectivity index (χ1n) is 9.03. The van der Waals surface area contributed by atoms with E-state index in [-0.39, 0.29) is 6.04 Å². The van der Waals surface area contributed by atoms with Gasteiger partial charge in [-0.25, -0.2) is 4.99 Å². The van der Waals surface area contributed by atoms with Crippen molar-refractivity contribution >= 4 is 22.5 Å². The predicted octanol–water partition coefficient (Wildman–Crippen LogP) is 5.79. The lowest BCUT2D eigenvalue weighted by molar-refractivity contribution is 0.511. The molecule has 4 aromatic carbocycles. The van der Waals surface area contributed by atoms with Crippen LogP contribution in [0.4, 0.5) is 5.69 Å². The molecule has 0 amide bonds. The van der Waals surface area contributed by atoms with Crippen LogP contribution in [0.5, 0.6) is 5.75 Å². The Labute approximate surface area is 158 Å². The third kappa shape index (κ3) is 2.93. The maximum absolute atomic E-state index is 6.13. The molecule has 1 N–H and O–H groups in total. The summed E-state index contributed by atoms with van der Waals surface area (Å²) in [7, 11) is 0. The molecule has 3 nitrogen and oxygen atoms in total. The zero-order valence-corrected chi connectivity index (χ0v) is 14.7. The Balaban J connectivity index is 1.66. The minimum Gasteiger partial charge on any atom is -0.425 e. The fourth-order valence-electron chi connectivity index (χ4n) is 3.54. The highest BCUT2D eigenvalue weighted by Crippen LogP contribution is 2.41. The smallest absolute Gasteiger partial charge is 0.295 e. The zero-order chi connectivity index (χ0) is 18.1. The zero-order valence-electron chi connectivity index (χ0n) is 14.7. The number of hydrogen-bond donors (Lipinski definition) is 1. The molecule has 1 aliphatic heterocycles. The highest BCUT2D eigenvalue weighted by atomic mass is 16.5. The topological polar surface area (TPSA) is 33.6 Å². The predicted molar refractivity (Wildman–Crippen MR) is 110 cm³/mol. The number of aliphatic imine (C=N–C) groups is 1. The van der Waals surface area contributed by atoms with Crippen LogP contribution in [-0.2, 0) is 0 Å². The lowest BCUT2D eigenvalue weighted by Crippen LogP contribution is -2.25. The fraction of sp³-hybridized carbons (Fsp3) is 0.0417. The van der Waals surface area contributed by atoms with Gasteiger partial charge in [-0.1, -0.05) is 78.9 Å². The quantitative estimate of drug-likeness (QED) is 0.496. The van der Waals surface area contributed by atoms with E-state index in [9.17, 15) is 0 Å². The lowest BCUT2D eigenvalue weighted by atomic mass is 9.92. The fourth-order valence-corrected chi connectivity index (χ4v) is 3.54. The molecule has 1 heterocycles. The number of amidine groups is 1. The van der Waals surface area contributed by atoms with Crippen LogP contribution in [0.25, 0.3) is 10.8 Å². The lowest BCUT2D eigenvalue weighted by Gasteiger charge is -2.26. The van der Waals surface area contributed by atoms with E-state index in [0.717, 1.165) is 22.6 Å². The molecule has 0 radical (unpaired) electrons. The maximum Gasteiger partial charge on any atom is 0.295 e. The van der Waals surface area contributed by atoms with E-state index in [1.165, 1.54) is 10.8 Å². The molecule has 0 aliphatic carbocycles. The highest BCUT2D eigenvalue weighted by Gasteiger charge is 2.27. The van der Waals surface area contributed by atoms with Crippen LogP contribution in [0.3, 0.4) is 0 Å². The summed E-state index contributed by atoms with van der Waals surface area (Å²) in [4.78, 5) is 4.92. The molecule has 4 aromatic rings. The first-order chi connectivity index (χ1) is 13.4. The Hall–Kier alpha value is -3.59. The molecule has 1 unspecified atom stereocenters. The number of nitrogens with zero attached hydrogens (tertiary/aromatic N) is 1. The van der Waals surface area contributed by atoms with Gasteiger partial charge in [0.2, 0.25) is 0 Å². The number of nitrogens with one attached hydrogen (secondary N) is 1. The highest BCUT2D eigenvalue weighted by molar-refractivity contribution is 5.96. The first-order valence-corrected chi connectivity index (χ1v) is 9.03. The molecule has 0 bridgehead atoms. The number of ether oxygens (including phenoxy) is 1. The average Bonchev–Trinajstić information content (AvgIpc) is 2.74. The second kappa shape index (κ2) is 6.61. The number of para-hydroxylation sites is 1. The van der Waals surface area contributed by atoms with Crippen molar-refractivity contribution in [3.63, 3.8) is 0 Å². The molecule has 0 spiro atoms. The molecular weight excluding hydrogens is 332 g/mol. The molecule has 0 saturated heterocycles. The van der Waals surface area contributed by atoms with Crippen molar-refractivity contribution in [1.29, 1.82) is 0 Å². The van der Waals surface area contributed by atoms with Gasteiger partial charge in [0.15, 0.2) is 0 Å². The third-order valence-corrected chi connectivity index (χ3v) is 4.80. The molecular formula is C24H18N2O. The number of fused-ring (bicyclic) bond motifs is 3. The Kier molecular flexibility index (Phi) is 3.83. The van der Waals surface area contributed by atoms with Crippen LogP contribution in [0, 0.1) is 0 Å². The molecule has 130 valence electrons. The van der Waals surface area contributed by atoms with Gasteiger partial charge in [-0.05, 0) is 34.5 Å². The largest absolute Gasteiger partial charge is 0.425 e. The van der Waals surface area contributed by atoms with E-state index in [0.29, 0.717) is 6.02 Å². The van der Waals surface area contributed by atoms with E-state index in [4.69, 9.17) is 9.73 Å². The van der Waals surface area contributed by atoms with E-state index >= 15 is 0 Å². The average molecular weight is 350 g/mol. The van der Waals surface area contributed by atoms with E-state index < -0.39 is 0 Å². The van der Waals surface area contributed by atoms with Gasteiger partial charge in [0, 0.05) is 11.3 Å². The number of benzene rings is 4. The van der Waals surface area contributed by atoms with Gasteiger partial charge >= 0.3 is 0 Å². The summed E-state index contributed by atoms with van der Waals surface area (Å²) in [5.41, 5.74) is 3.20. The first kappa shape index (κ1) is 15.6. The van der Waals surface area contributed by atoms with E-state index in [2.05, 4.69) is 59.9 Å². The minimum absolute atomic E-state index is 0.118. The van der Waals surface area contributed by atoms with Crippen LogP contribution in [0.15, 0.2) is 102 Å². The minimum atomic E-state index is -0.118. The van der Waals surface area contributed by atoms with Gasteiger partial charge in [-0.3, -0.25) is 0 Å². The summed E-state index contributed by atoms with van der Waals surface area (Å²) in [5.74, 6) is 0.844. The Morgan fingerprint density at radius 3 is 2.22 bits per heavy atom. The van der Waals surface area contributed by atoms with Crippen LogP contribution in [0.2, 0.25) is 0 Å². The Bertz CT molecular complexity index is 1120. The molecule has 27 heavy (non-hydrogen) atoms. The number of rotatable bonds is 2. The summed E-state index contributed by atoms with van der Waals surface area (Å²) in [6.07, 6.45) is 0. The number of anilines is 1. The van der Waals surface area contributed by atoms with Crippen molar-refractivity contribution in [2.45, 2.75) is 6.04 Å². The van der Waals surface area contributed by atoms with E-state index in [1.54, 1.807) is 0 Å². The van der Waals surface area contributed by atoms with E-state index in [1.807, 2.05) is 42.5 Å². The summed E-state index contributed by atoms with van der Waals surface area (Å²) >= 11 is 0. The van der Waals surface area contributed by atoms with Gasteiger partial charge in [0.25, 0.3) is 6.02 Å².